The number of aromatic nitrogens is 1. The van der Waals surface area contributed by atoms with E-state index in [0.717, 1.165) is 16.3 Å². The van der Waals surface area contributed by atoms with Crippen LogP contribution in [0.15, 0.2) is 24.3 Å². The molecule has 5 heteroatoms. The van der Waals surface area contributed by atoms with Crippen molar-refractivity contribution in [1.29, 1.82) is 0 Å². The van der Waals surface area contributed by atoms with Crippen LogP contribution < -0.4 is 10.5 Å². The molecule has 0 saturated carbocycles. The third-order valence-electron chi connectivity index (χ3n) is 2.58. The summed E-state index contributed by atoms with van der Waals surface area (Å²) in [6.07, 6.45) is 0. The van der Waals surface area contributed by atoms with Crippen molar-refractivity contribution in [2.24, 2.45) is 5.73 Å². The first-order valence-corrected chi connectivity index (χ1v) is 6.75. The molecule has 3 nitrogen and oxygen atoms in total. The zero-order valence-corrected chi connectivity index (χ0v) is 11.9. The van der Waals surface area contributed by atoms with E-state index < -0.39 is 0 Å². The van der Waals surface area contributed by atoms with E-state index in [1.54, 1.807) is 11.3 Å². The molecule has 0 saturated heterocycles. The molecule has 1 heterocycles. The number of benzene rings is 1. The number of ether oxygens (including phenoxy) is 1. The van der Waals surface area contributed by atoms with Crippen LogP contribution in [0.2, 0.25) is 0 Å². The summed E-state index contributed by atoms with van der Waals surface area (Å²) in [6, 6.07) is 7.51. The number of hydrogen-bond donors (Lipinski definition) is 1. The number of para-hydroxylation sites is 1. The molecule has 1 aromatic carbocycles. The van der Waals surface area contributed by atoms with Crippen molar-refractivity contribution in [2.75, 3.05) is 0 Å². The van der Waals surface area contributed by atoms with Gasteiger partial charge >= 0.3 is 0 Å². The third kappa shape index (κ3) is 2.86. The van der Waals surface area contributed by atoms with Crippen molar-refractivity contribution in [3.63, 3.8) is 0 Å². The largest absolute Gasteiger partial charge is 0.486 e. The number of thiocarbonyl (C=S) groups is 1. The maximum absolute atomic E-state index is 5.73. The Morgan fingerprint density at radius 3 is 2.72 bits per heavy atom. The predicted molar refractivity (Wildman–Crippen MR) is 78.2 cm³/mol. The first kappa shape index (κ1) is 13.0. The quantitative estimate of drug-likeness (QED) is 0.874. The van der Waals surface area contributed by atoms with Gasteiger partial charge in [0, 0.05) is 4.88 Å². The number of aryl methyl sites for hydroxylation is 2. The molecule has 1 aromatic heterocycles. The SMILES string of the molecule is Cc1nc(COc2ccccc2C(N)=S)sc1C. The standard InChI is InChI=1S/C13H14N2OS2/c1-8-9(2)18-12(15-8)7-16-11-6-4-3-5-10(11)13(14)17/h3-6H,7H2,1-2H3,(H2,14,17). The molecule has 0 fully saturated rings. The summed E-state index contributed by atoms with van der Waals surface area (Å²) < 4.78 is 5.73. The molecule has 94 valence electrons. The average molecular weight is 278 g/mol. The molecule has 2 N–H and O–H groups in total. The van der Waals surface area contributed by atoms with Gasteiger partial charge in [-0.1, -0.05) is 24.4 Å². The molecule has 0 atom stereocenters. The van der Waals surface area contributed by atoms with Crippen molar-refractivity contribution in [2.45, 2.75) is 20.5 Å². The summed E-state index contributed by atoms with van der Waals surface area (Å²) in [4.78, 5) is 5.99. The van der Waals surface area contributed by atoms with Gasteiger partial charge < -0.3 is 10.5 Å². The molecule has 0 spiro atoms. The minimum atomic E-state index is 0.345. The van der Waals surface area contributed by atoms with Gasteiger partial charge in [-0.05, 0) is 26.0 Å². The summed E-state index contributed by atoms with van der Waals surface area (Å²) >= 11 is 6.64. The second-order valence-corrected chi connectivity index (χ2v) is 5.63. The average Bonchev–Trinajstić information content (AvgIpc) is 2.66. The van der Waals surface area contributed by atoms with Crippen LogP contribution in [0.25, 0.3) is 0 Å². The number of nitrogens with two attached hydrogens (primary N) is 1. The number of rotatable bonds is 4. The Labute approximate surface area is 116 Å². The van der Waals surface area contributed by atoms with E-state index in [-0.39, 0.29) is 0 Å². The second-order valence-electron chi connectivity index (χ2n) is 3.90. The molecule has 0 amide bonds. The zero-order chi connectivity index (χ0) is 13.1. The summed E-state index contributed by atoms with van der Waals surface area (Å²) in [6.45, 7) is 4.50. The molecule has 18 heavy (non-hydrogen) atoms. The van der Waals surface area contributed by atoms with E-state index in [1.807, 2.05) is 31.2 Å². The van der Waals surface area contributed by atoms with Crippen molar-refractivity contribution in [3.8, 4) is 5.75 Å². The van der Waals surface area contributed by atoms with E-state index >= 15 is 0 Å². The lowest BCUT2D eigenvalue weighted by Gasteiger charge is -2.08. The Morgan fingerprint density at radius 2 is 2.11 bits per heavy atom. The van der Waals surface area contributed by atoms with Crippen LogP contribution in [0.5, 0.6) is 5.75 Å². The Hall–Kier alpha value is -1.46. The van der Waals surface area contributed by atoms with Crippen LogP contribution in [0.3, 0.4) is 0 Å². The maximum atomic E-state index is 5.73. The van der Waals surface area contributed by atoms with Gasteiger partial charge in [0.05, 0.1) is 11.3 Å². The van der Waals surface area contributed by atoms with E-state index in [0.29, 0.717) is 17.3 Å². The number of thiazole rings is 1. The van der Waals surface area contributed by atoms with Crippen LogP contribution in [0.1, 0.15) is 21.1 Å². The highest BCUT2D eigenvalue weighted by Gasteiger charge is 2.08. The number of hydrogen-bond acceptors (Lipinski definition) is 4. The summed E-state index contributed by atoms with van der Waals surface area (Å²) in [5.74, 6) is 0.704. The van der Waals surface area contributed by atoms with E-state index in [4.69, 9.17) is 22.7 Å². The molecular formula is C13H14N2OS2. The van der Waals surface area contributed by atoms with Gasteiger partial charge in [-0.2, -0.15) is 0 Å². The van der Waals surface area contributed by atoms with Crippen molar-refractivity contribution >= 4 is 28.5 Å². The highest BCUT2D eigenvalue weighted by atomic mass is 32.1. The fourth-order valence-corrected chi connectivity index (χ4v) is 2.55. The van der Waals surface area contributed by atoms with Crippen LogP contribution >= 0.6 is 23.6 Å². The second kappa shape index (κ2) is 5.46. The molecule has 2 aromatic rings. The predicted octanol–water partition coefficient (Wildman–Crippen LogP) is 2.97. The van der Waals surface area contributed by atoms with E-state index in [1.165, 1.54) is 4.88 Å². The highest BCUT2D eigenvalue weighted by Crippen LogP contribution is 2.21. The van der Waals surface area contributed by atoms with Crippen molar-refractivity contribution in [1.82, 2.24) is 4.98 Å². The Kier molecular flexibility index (Phi) is 3.93. The van der Waals surface area contributed by atoms with Gasteiger partial charge in [-0.3, -0.25) is 0 Å². The minimum absolute atomic E-state index is 0.345. The van der Waals surface area contributed by atoms with Crippen molar-refractivity contribution < 1.29 is 4.74 Å². The minimum Gasteiger partial charge on any atom is -0.486 e. The Bertz CT molecular complexity index is 559. The van der Waals surface area contributed by atoms with Gasteiger partial charge in [0.2, 0.25) is 0 Å². The summed E-state index contributed by atoms with van der Waals surface area (Å²) in [7, 11) is 0. The zero-order valence-electron chi connectivity index (χ0n) is 10.3. The van der Waals surface area contributed by atoms with Gasteiger partial charge in [0.1, 0.15) is 22.4 Å². The third-order valence-corrected chi connectivity index (χ3v) is 3.84. The molecular weight excluding hydrogens is 264 g/mol. The van der Waals surface area contributed by atoms with E-state index in [9.17, 15) is 0 Å². The highest BCUT2D eigenvalue weighted by molar-refractivity contribution is 7.80. The monoisotopic (exact) mass is 278 g/mol. The van der Waals surface area contributed by atoms with E-state index in [2.05, 4.69) is 11.9 Å². The molecule has 0 aliphatic carbocycles. The van der Waals surface area contributed by atoms with Crippen molar-refractivity contribution in [3.05, 3.63) is 45.4 Å². The molecule has 0 aliphatic heterocycles. The number of nitrogens with zero attached hydrogens (tertiary/aromatic N) is 1. The van der Waals surface area contributed by atoms with Crippen LogP contribution in [-0.4, -0.2) is 9.97 Å². The lowest BCUT2D eigenvalue weighted by Crippen LogP contribution is -2.11. The molecule has 0 unspecified atom stereocenters. The molecule has 2 rings (SSSR count). The molecule has 0 radical (unpaired) electrons. The first-order valence-electron chi connectivity index (χ1n) is 5.52. The molecule has 0 bridgehead atoms. The smallest absolute Gasteiger partial charge is 0.140 e. The Balaban J connectivity index is 2.13. The maximum Gasteiger partial charge on any atom is 0.140 e. The summed E-state index contributed by atoms with van der Waals surface area (Å²) in [5.41, 5.74) is 7.47. The normalized spacial score (nSPS) is 10.3. The fraction of sp³-hybridized carbons (Fsp3) is 0.231. The van der Waals surface area contributed by atoms with Gasteiger partial charge in [0.15, 0.2) is 0 Å². The molecule has 0 aliphatic rings. The summed E-state index contributed by atoms with van der Waals surface area (Å²) in [5, 5.41) is 0.961. The van der Waals surface area contributed by atoms with Crippen LogP contribution in [0.4, 0.5) is 0 Å². The van der Waals surface area contributed by atoms with Crippen LogP contribution in [0, 0.1) is 13.8 Å². The Morgan fingerprint density at radius 1 is 1.39 bits per heavy atom. The van der Waals surface area contributed by atoms with Gasteiger partial charge in [-0.15, -0.1) is 11.3 Å². The first-order chi connectivity index (χ1) is 8.58. The lowest BCUT2D eigenvalue weighted by atomic mass is 10.2. The van der Waals surface area contributed by atoms with Gasteiger partial charge in [-0.25, -0.2) is 4.98 Å². The van der Waals surface area contributed by atoms with Gasteiger partial charge in [0.25, 0.3) is 0 Å². The lowest BCUT2D eigenvalue weighted by molar-refractivity contribution is 0.305. The van der Waals surface area contributed by atoms with Crippen LogP contribution in [-0.2, 0) is 6.61 Å². The fourth-order valence-electron chi connectivity index (χ4n) is 1.54. The topological polar surface area (TPSA) is 48.1 Å².